The van der Waals surface area contributed by atoms with E-state index in [2.05, 4.69) is 10.6 Å². The van der Waals surface area contributed by atoms with Crippen molar-refractivity contribution in [2.24, 2.45) is 0 Å². The Hall–Kier alpha value is -1.63. The molecule has 0 aromatic heterocycles. The van der Waals surface area contributed by atoms with Gasteiger partial charge >= 0.3 is 0 Å². The van der Waals surface area contributed by atoms with E-state index in [0.717, 1.165) is 24.4 Å². The molecule has 116 valence electrons. The number of ether oxygens (including phenoxy) is 1. The molecule has 1 saturated heterocycles. The Labute approximate surface area is 125 Å². The van der Waals surface area contributed by atoms with E-state index in [1.54, 1.807) is 14.2 Å². The molecular formula is C15H23N3O3. The number of nitrogens with one attached hydrogen (secondary N) is 2. The average Bonchev–Trinajstić information content (AvgIpc) is 2.54. The monoisotopic (exact) mass is 293 g/mol. The Morgan fingerprint density at radius 3 is 3.14 bits per heavy atom. The van der Waals surface area contributed by atoms with E-state index in [-0.39, 0.29) is 11.9 Å². The van der Waals surface area contributed by atoms with Gasteiger partial charge in [-0.1, -0.05) is 12.1 Å². The molecule has 2 rings (SSSR count). The third-order valence-electron chi connectivity index (χ3n) is 3.79. The summed E-state index contributed by atoms with van der Waals surface area (Å²) in [5.74, 6) is 0.690. The molecule has 21 heavy (non-hydrogen) atoms. The molecule has 6 nitrogen and oxygen atoms in total. The van der Waals surface area contributed by atoms with Gasteiger partial charge in [-0.2, -0.15) is 0 Å². The lowest BCUT2D eigenvalue weighted by Gasteiger charge is -2.36. The van der Waals surface area contributed by atoms with Gasteiger partial charge in [0.2, 0.25) is 5.91 Å². The van der Waals surface area contributed by atoms with Crippen LogP contribution in [-0.2, 0) is 4.79 Å². The summed E-state index contributed by atoms with van der Waals surface area (Å²) >= 11 is 0. The fourth-order valence-corrected chi connectivity index (χ4v) is 2.57. The highest BCUT2D eigenvalue weighted by Crippen LogP contribution is 2.21. The van der Waals surface area contributed by atoms with Gasteiger partial charge in [-0.15, -0.1) is 0 Å². The molecule has 1 amide bonds. The highest BCUT2D eigenvalue weighted by atomic mass is 16.5. The summed E-state index contributed by atoms with van der Waals surface area (Å²) in [5.41, 5.74) is 0.795. The van der Waals surface area contributed by atoms with Gasteiger partial charge in [0.1, 0.15) is 11.8 Å². The minimum Gasteiger partial charge on any atom is -0.497 e. The summed E-state index contributed by atoms with van der Waals surface area (Å²) < 4.78 is 5.17. The summed E-state index contributed by atoms with van der Waals surface area (Å²) in [6.07, 6.45) is -0.648. The number of benzene rings is 1. The molecule has 0 aliphatic carbocycles. The molecule has 1 heterocycles. The van der Waals surface area contributed by atoms with Crippen molar-refractivity contribution in [3.05, 3.63) is 29.8 Å². The predicted molar refractivity (Wildman–Crippen MR) is 80.3 cm³/mol. The second-order valence-electron chi connectivity index (χ2n) is 5.12. The Balaban J connectivity index is 2.05. The largest absolute Gasteiger partial charge is 0.497 e. The molecule has 0 bridgehead atoms. The van der Waals surface area contributed by atoms with Crippen LogP contribution < -0.4 is 15.4 Å². The Morgan fingerprint density at radius 1 is 1.62 bits per heavy atom. The number of hydrogen-bond donors (Lipinski definition) is 3. The first-order chi connectivity index (χ1) is 10.2. The second-order valence-corrected chi connectivity index (χ2v) is 5.12. The van der Waals surface area contributed by atoms with Crippen LogP contribution in [0.3, 0.4) is 0 Å². The highest BCUT2D eigenvalue weighted by molar-refractivity contribution is 5.81. The van der Waals surface area contributed by atoms with Crippen LogP contribution in [0.5, 0.6) is 5.75 Å². The van der Waals surface area contributed by atoms with Crippen LogP contribution in [0, 0.1) is 0 Å². The van der Waals surface area contributed by atoms with Crippen molar-refractivity contribution in [2.45, 2.75) is 12.1 Å². The number of aliphatic hydroxyl groups is 1. The number of rotatable bonds is 5. The molecule has 1 aliphatic rings. The van der Waals surface area contributed by atoms with Crippen LogP contribution in [-0.4, -0.2) is 62.3 Å². The molecule has 0 radical (unpaired) electrons. The zero-order chi connectivity index (χ0) is 15.2. The molecule has 2 unspecified atom stereocenters. The number of nitrogens with zero attached hydrogens (tertiary/aromatic N) is 1. The van der Waals surface area contributed by atoms with Gasteiger partial charge < -0.3 is 20.5 Å². The van der Waals surface area contributed by atoms with Crippen molar-refractivity contribution in [2.75, 3.05) is 40.3 Å². The molecule has 1 aliphatic heterocycles. The van der Waals surface area contributed by atoms with Crippen molar-refractivity contribution in [3.63, 3.8) is 0 Å². The van der Waals surface area contributed by atoms with E-state index >= 15 is 0 Å². The number of carbonyl (C=O) groups excluding carboxylic acids is 1. The maximum absolute atomic E-state index is 11.9. The zero-order valence-electron chi connectivity index (χ0n) is 12.5. The van der Waals surface area contributed by atoms with Crippen molar-refractivity contribution in [1.82, 2.24) is 15.5 Å². The normalized spacial score (nSPS) is 20.8. The first-order valence-electron chi connectivity index (χ1n) is 7.14. The van der Waals surface area contributed by atoms with E-state index in [9.17, 15) is 9.90 Å². The lowest BCUT2D eigenvalue weighted by atomic mass is 10.1. The van der Waals surface area contributed by atoms with Gasteiger partial charge in [-0.25, -0.2) is 0 Å². The smallest absolute Gasteiger partial charge is 0.238 e. The van der Waals surface area contributed by atoms with Gasteiger partial charge in [0, 0.05) is 33.2 Å². The van der Waals surface area contributed by atoms with Crippen molar-refractivity contribution in [1.29, 1.82) is 0 Å². The minimum absolute atomic E-state index is 0.0277. The summed E-state index contributed by atoms with van der Waals surface area (Å²) in [6.45, 7) is 2.58. The Kier molecular flexibility index (Phi) is 5.55. The third kappa shape index (κ3) is 3.93. The average molecular weight is 293 g/mol. The topological polar surface area (TPSA) is 73.8 Å². The fourth-order valence-electron chi connectivity index (χ4n) is 2.57. The first-order valence-corrected chi connectivity index (χ1v) is 7.14. The van der Waals surface area contributed by atoms with E-state index in [1.807, 2.05) is 29.2 Å². The number of β-amino-alcohol motifs (C(OH)–C–C–N with tert-alkyl or cyclic N) is 1. The van der Waals surface area contributed by atoms with E-state index < -0.39 is 6.10 Å². The first kappa shape index (κ1) is 15.8. The summed E-state index contributed by atoms with van der Waals surface area (Å²) in [7, 11) is 3.23. The number of likely N-dealkylation sites (N-methyl/N-ethyl adjacent to an activating group) is 1. The Morgan fingerprint density at radius 2 is 2.43 bits per heavy atom. The van der Waals surface area contributed by atoms with E-state index in [1.165, 1.54) is 0 Å². The van der Waals surface area contributed by atoms with Gasteiger partial charge in [0.25, 0.3) is 0 Å². The van der Waals surface area contributed by atoms with E-state index in [4.69, 9.17) is 4.74 Å². The molecule has 1 aromatic rings. The molecule has 1 fully saturated rings. The van der Waals surface area contributed by atoms with Crippen molar-refractivity contribution < 1.29 is 14.6 Å². The summed E-state index contributed by atoms with van der Waals surface area (Å²) in [4.78, 5) is 13.9. The molecule has 3 N–H and O–H groups in total. The molecule has 0 spiro atoms. The molecule has 0 saturated carbocycles. The highest BCUT2D eigenvalue weighted by Gasteiger charge is 2.29. The van der Waals surface area contributed by atoms with Gasteiger partial charge in [0.15, 0.2) is 0 Å². The number of amides is 1. The Bertz CT molecular complexity index is 481. The third-order valence-corrected chi connectivity index (χ3v) is 3.79. The SMILES string of the molecule is CNC(=O)C1CNCCN1CC(O)c1cccc(OC)c1. The number of methoxy groups -OCH3 is 1. The minimum atomic E-state index is -0.648. The molecule has 1 aromatic carbocycles. The zero-order valence-corrected chi connectivity index (χ0v) is 12.5. The number of hydrogen-bond acceptors (Lipinski definition) is 5. The van der Waals surface area contributed by atoms with Gasteiger partial charge in [0.05, 0.1) is 13.2 Å². The van der Waals surface area contributed by atoms with E-state index in [0.29, 0.717) is 13.1 Å². The maximum Gasteiger partial charge on any atom is 0.238 e. The quantitative estimate of drug-likeness (QED) is 0.698. The molecular weight excluding hydrogens is 270 g/mol. The van der Waals surface area contributed by atoms with Crippen molar-refractivity contribution in [3.8, 4) is 5.75 Å². The van der Waals surface area contributed by atoms with Crippen LogP contribution in [0.2, 0.25) is 0 Å². The lowest BCUT2D eigenvalue weighted by Crippen LogP contribution is -2.58. The van der Waals surface area contributed by atoms with Gasteiger partial charge in [-0.05, 0) is 17.7 Å². The predicted octanol–water partition coefficient (Wildman–Crippen LogP) is -0.252. The fraction of sp³-hybridized carbons (Fsp3) is 0.533. The van der Waals surface area contributed by atoms with Crippen molar-refractivity contribution >= 4 is 5.91 Å². The number of carbonyl (C=O) groups is 1. The van der Waals surface area contributed by atoms with Crippen LogP contribution in [0.15, 0.2) is 24.3 Å². The maximum atomic E-state index is 11.9. The molecule has 6 heteroatoms. The summed E-state index contributed by atoms with van der Waals surface area (Å²) in [6, 6.07) is 7.13. The van der Waals surface area contributed by atoms with Crippen LogP contribution in [0.25, 0.3) is 0 Å². The van der Waals surface area contributed by atoms with Crippen LogP contribution >= 0.6 is 0 Å². The van der Waals surface area contributed by atoms with Gasteiger partial charge in [-0.3, -0.25) is 9.69 Å². The number of aliphatic hydroxyl groups excluding tert-OH is 1. The van der Waals surface area contributed by atoms with Crippen LogP contribution in [0.4, 0.5) is 0 Å². The lowest BCUT2D eigenvalue weighted by molar-refractivity contribution is -0.127. The standard InChI is InChI=1S/C15H23N3O3/c1-16-15(20)13-9-17-6-7-18(13)10-14(19)11-4-3-5-12(8-11)21-2/h3-5,8,13-14,17,19H,6-7,9-10H2,1-2H3,(H,16,20). The van der Waals surface area contributed by atoms with Crippen LogP contribution in [0.1, 0.15) is 11.7 Å². The molecule has 2 atom stereocenters. The number of piperazine rings is 1. The summed E-state index contributed by atoms with van der Waals surface area (Å²) in [5, 5.41) is 16.3. The second kappa shape index (κ2) is 7.40.